The van der Waals surface area contributed by atoms with Gasteiger partial charge in [-0.05, 0) is 34.6 Å². The van der Waals surface area contributed by atoms with E-state index in [1.165, 1.54) is 0 Å². The highest BCUT2D eigenvalue weighted by atomic mass is 16.6. The van der Waals surface area contributed by atoms with Gasteiger partial charge in [0.25, 0.3) is 0 Å². The first-order chi connectivity index (χ1) is 9.59. The number of nitrogens with zero attached hydrogens (tertiary/aromatic N) is 3. The van der Waals surface area contributed by atoms with Crippen molar-refractivity contribution in [2.45, 2.75) is 58.7 Å². The first-order valence-electron chi connectivity index (χ1n) is 7.00. The molecule has 0 saturated carbocycles. The molecule has 0 fully saturated rings. The van der Waals surface area contributed by atoms with E-state index >= 15 is 0 Å². The number of rotatable bonds is 4. The van der Waals surface area contributed by atoms with Crippen molar-refractivity contribution in [3.05, 3.63) is 18.2 Å². The maximum Gasteiger partial charge on any atom is 0.410 e. The quantitative estimate of drug-likeness (QED) is 0.801. The fourth-order valence-electron chi connectivity index (χ4n) is 1.92. The molecule has 0 saturated heterocycles. The van der Waals surface area contributed by atoms with E-state index in [4.69, 9.17) is 11.2 Å². The summed E-state index contributed by atoms with van der Waals surface area (Å²) in [7, 11) is 1.73. The van der Waals surface area contributed by atoms with Crippen LogP contribution >= 0.6 is 0 Å². The van der Waals surface area contributed by atoms with Gasteiger partial charge in [0.15, 0.2) is 0 Å². The van der Waals surface area contributed by atoms with Gasteiger partial charge in [-0.1, -0.05) is 0 Å². The smallest absolute Gasteiger partial charge is 0.410 e. The Labute approximate surface area is 127 Å². The summed E-state index contributed by atoms with van der Waals surface area (Å²) in [4.78, 5) is 18.0. The van der Waals surface area contributed by atoms with Crippen molar-refractivity contribution in [2.75, 3.05) is 7.05 Å². The third kappa shape index (κ3) is 4.25. The molecule has 0 aromatic carbocycles. The summed E-state index contributed by atoms with van der Waals surface area (Å²) in [6.45, 7) is 10.1. The van der Waals surface area contributed by atoms with E-state index < -0.39 is 11.1 Å². The number of ether oxygens (including phenoxy) is 1. The van der Waals surface area contributed by atoms with Gasteiger partial charge in [0, 0.05) is 20.0 Å². The molecule has 0 aliphatic carbocycles. The second kappa shape index (κ2) is 6.21. The molecule has 1 aromatic heterocycles. The van der Waals surface area contributed by atoms with Crippen molar-refractivity contribution in [3.8, 4) is 12.3 Å². The minimum atomic E-state index is -0.548. The Hall–Kier alpha value is -1.96. The molecule has 21 heavy (non-hydrogen) atoms. The third-order valence-corrected chi connectivity index (χ3v) is 3.34. The zero-order valence-corrected chi connectivity index (χ0v) is 13.8. The number of terminal acetylenes is 1. The van der Waals surface area contributed by atoms with Gasteiger partial charge in [-0.2, -0.15) is 0 Å². The molecule has 116 valence electrons. The Balaban J connectivity index is 2.97. The largest absolute Gasteiger partial charge is 0.444 e. The van der Waals surface area contributed by atoms with E-state index in [9.17, 15) is 4.79 Å². The lowest BCUT2D eigenvalue weighted by atomic mass is 9.99. The molecule has 0 bridgehead atoms. The minimum absolute atomic E-state index is 0.364. The Bertz CT molecular complexity index is 532. The molecule has 1 amide bonds. The number of hydrogen-bond acceptors (Lipinski definition) is 3. The molecule has 1 heterocycles. The number of carbonyl (C=O) groups is 1. The Morgan fingerprint density at radius 2 is 2.05 bits per heavy atom. The average molecular weight is 291 g/mol. The first-order valence-corrected chi connectivity index (χ1v) is 7.00. The first kappa shape index (κ1) is 17.1. The molecule has 5 heteroatoms. The lowest BCUT2D eigenvalue weighted by molar-refractivity contribution is 0.00915. The monoisotopic (exact) mass is 291 g/mol. The summed E-state index contributed by atoms with van der Waals surface area (Å²) in [6, 6.07) is 0. The van der Waals surface area contributed by atoms with Crippen LogP contribution in [0.25, 0.3) is 0 Å². The van der Waals surface area contributed by atoms with Gasteiger partial charge in [-0.3, -0.25) is 0 Å². The number of carbonyl (C=O) groups excluding carboxylic acids is 1. The van der Waals surface area contributed by atoms with E-state index in [0.717, 1.165) is 5.69 Å². The molecular formula is C16H25N3O2. The highest BCUT2D eigenvalue weighted by molar-refractivity contribution is 5.69. The lowest BCUT2D eigenvalue weighted by Gasteiger charge is -2.37. The van der Waals surface area contributed by atoms with Gasteiger partial charge in [-0.15, -0.1) is 12.3 Å². The summed E-state index contributed by atoms with van der Waals surface area (Å²) in [6.07, 6.45) is 9.07. The maximum absolute atomic E-state index is 12.3. The standard InChI is InChI=1S/C16H25N3O2/c1-8-9-10-19-12-17-11-13(19)16(5,6)18(7)14(20)21-15(2,3)4/h1,11-12H,9-10H2,2-7H3. The number of hydrogen-bond donors (Lipinski definition) is 0. The van der Waals surface area contributed by atoms with Crippen molar-refractivity contribution in [1.29, 1.82) is 0 Å². The normalized spacial score (nSPS) is 11.9. The molecule has 0 aliphatic rings. The zero-order valence-electron chi connectivity index (χ0n) is 13.8. The summed E-state index contributed by atoms with van der Waals surface area (Å²) < 4.78 is 7.40. The van der Waals surface area contributed by atoms with Crippen LogP contribution in [0.1, 0.15) is 46.7 Å². The molecule has 0 unspecified atom stereocenters. The molecule has 5 nitrogen and oxygen atoms in total. The number of amides is 1. The average Bonchev–Trinajstić information content (AvgIpc) is 2.82. The van der Waals surface area contributed by atoms with Crippen LogP contribution in [0.3, 0.4) is 0 Å². The molecule has 0 N–H and O–H groups in total. The van der Waals surface area contributed by atoms with Gasteiger partial charge in [-0.25, -0.2) is 9.78 Å². The number of aromatic nitrogens is 2. The van der Waals surface area contributed by atoms with Crippen molar-refractivity contribution in [3.63, 3.8) is 0 Å². The van der Waals surface area contributed by atoms with Crippen LogP contribution < -0.4 is 0 Å². The van der Waals surface area contributed by atoms with E-state index in [-0.39, 0.29) is 6.09 Å². The lowest BCUT2D eigenvalue weighted by Crippen LogP contribution is -2.46. The van der Waals surface area contributed by atoms with Gasteiger partial charge >= 0.3 is 6.09 Å². The molecular weight excluding hydrogens is 266 g/mol. The van der Waals surface area contributed by atoms with Gasteiger partial charge < -0.3 is 14.2 Å². The SMILES string of the molecule is C#CCCn1cncc1C(C)(C)N(C)C(=O)OC(C)(C)C. The van der Waals surface area contributed by atoms with Gasteiger partial charge in [0.05, 0.1) is 23.8 Å². The summed E-state index contributed by atoms with van der Waals surface area (Å²) >= 11 is 0. The predicted molar refractivity (Wildman–Crippen MR) is 82.7 cm³/mol. The minimum Gasteiger partial charge on any atom is -0.444 e. The second-order valence-corrected chi connectivity index (χ2v) is 6.52. The molecule has 0 aliphatic heterocycles. The molecule has 1 aromatic rings. The Kier molecular flexibility index (Phi) is 5.06. The highest BCUT2D eigenvalue weighted by Gasteiger charge is 2.34. The highest BCUT2D eigenvalue weighted by Crippen LogP contribution is 2.28. The Morgan fingerprint density at radius 3 is 2.57 bits per heavy atom. The van der Waals surface area contributed by atoms with E-state index in [1.807, 2.05) is 39.2 Å². The van der Waals surface area contributed by atoms with E-state index in [0.29, 0.717) is 13.0 Å². The van der Waals surface area contributed by atoms with Crippen LogP contribution in [0.4, 0.5) is 4.79 Å². The number of imidazole rings is 1. The van der Waals surface area contributed by atoms with Crippen LogP contribution in [-0.2, 0) is 16.8 Å². The summed E-state index contributed by atoms with van der Waals surface area (Å²) in [5, 5.41) is 0. The van der Waals surface area contributed by atoms with E-state index in [1.54, 1.807) is 24.5 Å². The van der Waals surface area contributed by atoms with Crippen molar-refractivity contribution < 1.29 is 9.53 Å². The molecule has 0 radical (unpaired) electrons. The summed E-state index contributed by atoms with van der Waals surface area (Å²) in [5.74, 6) is 2.61. The fraction of sp³-hybridized carbons (Fsp3) is 0.625. The molecule has 0 spiro atoms. The second-order valence-electron chi connectivity index (χ2n) is 6.52. The molecule has 1 rings (SSSR count). The zero-order chi connectivity index (χ0) is 16.3. The van der Waals surface area contributed by atoms with Crippen LogP contribution in [0.15, 0.2) is 12.5 Å². The van der Waals surface area contributed by atoms with Crippen molar-refractivity contribution in [1.82, 2.24) is 14.5 Å². The third-order valence-electron chi connectivity index (χ3n) is 3.34. The van der Waals surface area contributed by atoms with Gasteiger partial charge in [0.2, 0.25) is 0 Å². The summed E-state index contributed by atoms with van der Waals surface area (Å²) in [5.41, 5.74) is -0.149. The maximum atomic E-state index is 12.3. The topological polar surface area (TPSA) is 47.4 Å². The Morgan fingerprint density at radius 1 is 1.43 bits per heavy atom. The van der Waals surface area contributed by atoms with Crippen LogP contribution in [0, 0.1) is 12.3 Å². The van der Waals surface area contributed by atoms with Crippen LogP contribution in [0.2, 0.25) is 0 Å². The fourth-order valence-corrected chi connectivity index (χ4v) is 1.92. The molecule has 0 atom stereocenters. The van der Waals surface area contributed by atoms with Crippen LogP contribution in [0.5, 0.6) is 0 Å². The van der Waals surface area contributed by atoms with Crippen molar-refractivity contribution in [2.24, 2.45) is 0 Å². The number of aryl methyl sites for hydroxylation is 1. The predicted octanol–water partition coefficient (Wildman–Crippen LogP) is 3.01. The van der Waals surface area contributed by atoms with Crippen molar-refractivity contribution >= 4 is 6.09 Å². The van der Waals surface area contributed by atoms with Gasteiger partial charge in [0.1, 0.15) is 5.60 Å². The van der Waals surface area contributed by atoms with E-state index in [2.05, 4.69) is 10.9 Å². The van der Waals surface area contributed by atoms with Crippen LogP contribution in [-0.4, -0.2) is 33.2 Å².